The molecule has 2 aromatic carbocycles. The zero-order valence-corrected chi connectivity index (χ0v) is 16.3. The minimum absolute atomic E-state index is 0.0511. The van der Waals surface area contributed by atoms with Crippen LogP contribution in [0.2, 0.25) is 10.0 Å². The van der Waals surface area contributed by atoms with Gasteiger partial charge >= 0.3 is 6.03 Å². The highest BCUT2D eigenvalue weighted by Crippen LogP contribution is 2.37. The molecule has 0 aromatic heterocycles. The van der Waals surface area contributed by atoms with Gasteiger partial charge in [-0.15, -0.1) is 0 Å². The number of urea groups is 1. The Morgan fingerprint density at radius 3 is 2.41 bits per heavy atom. The summed E-state index contributed by atoms with van der Waals surface area (Å²) in [5.74, 6) is -0.276. The van der Waals surface area contributed by atoms with Crippen molar-refractivity contribution in [3.63, 3.8) is 0 Å². The van der Waals surface area contributed by atoms with Gasteiger partial charge in [0.15, 0.2) is 0 Å². The van der Waals surface area contributed by atoms with E-state index in [0.717, 1.165) is 31.2 Å². The van der Waals surface area contributed by atoms with Gasteiger partial charge in [-0.3, -0.25) is 4.79 Å². The second kappa shape index (κ2) is 7.53. The van der Waals surface area contributed by atoms with Crippen molar-refractivity contribution >= 4 is 40.8 Å². The number of benzene rings is 2. The Balaban J connectivity index is 1.70. The minimum atomic E-state index is -0.277. The lowest BCUT2D eigenvalue weighted by molar-refractivity contribution is -0.126. The summed E-state index contributed by atoms with van der Waals surface area (Å²) in [6.45, 7) is 0.460. The fourth-order valence-corrected chi connectivity index (χ4v) is 4.44. The van der Waals surface area contributed by atoms with Gasteiger partial charge in [0, 0.05) is 22.6 Å². The van der Waals surface area contributed by atoms with Crippen LogP contribution in [0.5, 0.6) is 0 Å². The van der Waals surface area contributed by atoms with Crippen molar-refractivity contribution in [2.45, 2.75) is 38.3 Å². The highest BCUT2D eigenvalue weighted by molar-refractivity contribution is 6.31. The van der Waals surface area contributed by atoms with E-state index in [1.807, 2.05) is 29.2 Å². The average molecular weight is 403 g/mol. The normalized spacial score (nSPS) is 22.7. The molecule has 6 heteroatoms. The highest BCUT2D eigenvalue weighted by Gasteiger charge is 2.47. The third-order valence-corrected chi connectivity index (χ3v) is 5.92. The van der Waals surface area contributed by atoms with Crippen LogP contribution in [0.1, 0.15) is 31.2 Å². The minimum Gasteiger partial charge on any atom is -0.316 e. The van der Waals surface area contributed by atoms with Crippen LogP contribution in [0.15, 0.2) is 48.5 Å². The van der Waals surface area contributed by atoms with Crippen molar-refractivity contribution < 1.29 is 9.59 Å². The molecule has 3 amide bonds. The second-order valence-electron chi connectivity index (χ2n) is 7.15. The molecule has 0 radical (unpaired) electrons. The van der Waals surface area contributed by atoms with Gasteiger partial charge < -0.3 is 4.90 Å². The van der Waals surface area contributed by atoms with Crippen LogP contribution < -0.4 is 4.90 Å². The number of rotatable bonds is 3. The van der Waals surface area contributed by atoms with Crippen LogP contribution in [-0.2, 0) is 11.3 Å². The molecule has 1 saturated heterocycles. The average Bonchev–Trinajstić information content (AvgIpc) is 2.67. The molecule has 1 aliphatic carbocycles. The van der Waals surface area contributed by atoms with E-state index in [1.54, 1.807) is 24.3 Å². The Bertz CT molecular complexity index is 869. The predicted molar refractivity (Wildman–Crippen MR) is 107 cm³/mol. The van der Waals surface area contributed by atoms with Gasteiger partial charge in [-0.1, -0.05) is 54.2 Å². The molecule has 2 aliphatic rings. The second-order valence-corrected chi connectivity index (χ2v) is 8.02. The number of imide groups is 1. The van der Waals surface area contributed by atoms with Gasteiger partial charge in [0.25, 0.3) is 0 Å². The van der Waals surface area contributed by atoms with Crippen molar-refractivity contribution in [1.82, 2.24) is 4.90 Å². The van der Waals surface area contributed by atoms with E-state index in [2.05, 4.69) is 0 Å². The van der Waals surface area contributed by atoms with Gasteiger partial charge in [-0.25, -0.2) is 9.69 Å². The lowest BCUT2D eigenvalue weighted by Gasteiger charge is -2.46. The van der Waals surface area contributed by atoms with Crippen molar-refractivity contribution in [3.05, 3.63) is 64.1 Å². The molecule has 1 heterocycles. The van der Waals surface area contributed by atoms with Crippen LogP contribution in [0.3, 0.4) is 0 Å². The number of halogens is 2. The van der Waals surface area contributed by atoms with Crippen LogP contribution in [0.25, 0.3) is 0 Å². The number of anilines is 1. The van der Waals surface area contributed by atoms with Crippen molar-refractivity contribution in [3.8, 4) is 0 Å². The molecule has 1 aliphatic heterocycles. The van der Waals surface area contributed by atoms with Crippen molar-refractivity contribution in [1.29, 1.82) is 0 Å². The van der Waals surface area contributed by atoms with Crippen molar-refractivity contribution in [2.75, 3.05) is 4.90 Å². The first kappa shape index (κ1) is 18.3. The summed E-state index contributed by atoms with van der Waals surface area (Å²) in [7, 11) is 0. The molecule has 2 unspecified atom stereocenters. The molecule has 0 N–H and O–H groups in total. The zero-order chi connectivity index (χ0) is 19.0. The van der Waals surface area contributed by atoms with Crippen LogP contribution in [0.4, 0.5) is 10.5 Å². The summed E-state index contributed by atoms with van der Waals surface area (Å²) in [4.78, 5) is 29.6. The molecular weight excluding hydrogens is 383 g/mol. The first-order valence-corrected chi connectivity index (χ1v) is 9.95. The SMILES string of the molecule is O=C1C2CCCCC2N(Cc2ccc(Cl)cc2)C(=O)N1c1cccc(Cl)c1. The number of amides is 3. The maximum atomic E-state index is 13.3. The molecule has 2 fully saturated rings. The fraction of sp³-hybridized carbons (Fsp3) is 0.333. The largest absolute Gasteiger partial charge is 0.331 e. The molecule has 140 valence electrons. The van der Waals surface area contributed by atoms with Gasteiger partial charge in [-0.05, 0) is 48.7 Å². The number of hydrogen-bond donors (Lipinski definition) is 0. The third kappa shape index (κ3) is 3.56. The number of nitrogens with zero attached hydrogens (tertiary/aromatic N) is 2. The van der Waals surface area contributed by atoms with Crippen LogP contribution in [-0.4, -0.2) is 22.9 Å². The van der Waals surface area contributed by atoms with Gasteiger partial charge in [-0.2, -0.15) is 0 Å². The molecule has 2 atom stereocenters. The predicted octanol–water partition coefficient (Wildman–Crippen LogP) is 5.52. The summed E-state index contributed by atoms with van der Waals surface area (Å²) < 4.78 is 0. The van der Waals surface area contributed by atoms with E-state index in [-0.39, 0.29) is 23.9 Å². The van der Waals surface area contributed by atoms with E-state index in [1.165, 1.54) is 4.90 Å². The summed E-state index contributed by atoms with van der Waals surface area (Å²) in [6, 6.07) is 14.1. The molecule has 0 bridgehead atoms. The Kier molecular flexibility index (Phi) is 5.11. The van der Waals surface area contributed by atoms with Gasteiger partial charge in [0.1, 0.15) is 0 Å². The lowest BCUT2D eigenvalue weighted by atomic mass is 9.81. The Morgan fingerprint density at radius 2 is 1.67 bits per heavy atom. The summed E-state index contributed by atoms with van der Waals surface area (Å²) in [6.07, 6.45) is 3.72. The fourth-order valence-electron chi connectivity index (χ4n) is 4.13. The van der Waals surface area contributed by atoms with E-state index in [0.29, 0.717) is 22.3 Å². The summed E-state index contributed by atoms with van der Waals surface area (Å²) >= 11 is 12.1. The van der Waals surface area contributed by atoms with Gasteiger partial charge in [0.05, 0.1) is 11.6 Å². The topological polar surface area (TPSA) is 40.6 Å². The summed E-state index contributed by atoms with van der Waals surface area (Å²) in [5, 5.41) is 1.16. The van der Waals surface area contributed by atoms with Gasteiger partial charge in [0.2, 0.25) is 5.91 Å². The van der Waals surface area contributed by atoms with Crippen LogP contribution in [0, 0.1) is 5.92 Å². The smallest absolute Gasteiger partial charge is 0.316 e. The molecule has 27 heavy (non-hydrogen) atoms. The molecular formula is C21H20Cl2N2O2. The number of fused-ring (bicyclic) bond motifs is 1. The molecule has 4 rings (SSSR count). The maximum Gasteiger partial charge on any atom is 0.331 e. The van der Waals surface area contributed by atoms with E-state index >= 15 is 0 Å². The molecule has 1 saturated carbocycles. The number of hydrogen-bond acceptors (Lipinski definition) is 2. The summed E-state index contributed by atoms with van der Waals surface area (Å²) in [5.41, 5.74) is 1.53. The Hall–Kier alpha value is -2.04. The lowest BCUT2D eigenvalue weighted by Crippen LogP contribution is -2.62. The third-order valence-electron chi connectivity index (χ3n) is 5.44. The van der Waals surface area contributed by atoms with E-state index in [4.69, 9.17) is 23.2 Å². The van der Waals surface area contributed by atoms with E-state index < -0.39 is 0 Å². The Labute approximate surface area is 168 Å². The standard InChI is InChI=1S/C21H20Cl2N2O2/c22-15-10-8-14(9-11-15)13-24-19-7-2-1-6-18(19)20(26)25(21(24)27)17-5-3-4-16(23)12-17/h3-5,8-12,18-19H,1-2,6-7,13H2. The molecule has 4 nitrogen and oxygen atoms in total. The van der Waals surface area contributed by atoms with Crippen molar-refractivity contribution in [2.24, 2.45) is 5.92 Å². The van der Waals surface area contributed by atoms with E-state index in [9.17, 15) is 9.59 Å². The Morgan fingerprint density at radius 1 is 0.926 bits per heavy atom. The highest BCUT2D eigenvalue weighted by atomic mass is 35.5. The van der Waals surface area contributed by atoms with Crippen LogP contribution >= 0.6 is 23.2 Å². The number of carbonyl (C=O) groups is 2. The molecule has 0 spiro atoms. The monoisotopic (exact) mass is 402 g/mol. The quantitative estimate of drug-likeness (QED) is 0.677. The first-order chi connectivity index (χ1) is 13.0. The first-order valence-electron chi connectivity index (χ1n) is 9.19. The zero-order valence-electron chi connectivity index (χ0n) is 14.8. The molecule has 2 aromatic rings. The number of carbonyl (C=O) groups excluding carboxylic acids is 2. The maximum absolute atomic E-state index is 13.3.